The molecule has 1 saturated heterocycles. The number of carbonyl (C=O) groups is 2. The average molecular weight is 338 g/mol. The van der Waals surface area contributed by atoms with E-state index in [4.69, 9.17) is 0 Å². The van der Waals surface area contributed by atoms with Gasteiger partial charge in [-0.25, -0.2) is 0 Å². The highest BCUT2D eigenvalue weighted by Crippen LogP contribution is 2.15. The quantitative estimate of drug-likeness (QED) is 0.930. The first-order valence-electron chi connectivity index (χ1n) is 8.35. The highest BCUT2D eigenvalue weighted by molar-refractivity contribution is 6.05. The smallest absolute Gasteiger partial charge is 0.274 e. The second kappa shape index (κ2) is 7.44. The Morgan fingerprint density at radius 1 is 1.08 bits per heavy atom. The largest absolute Gasteiger partial charge is 0.336 e. The minimum absolute atomic E-state index is 0.0551. The Morgan fingerprint density at radius 3 is 2.52 bits per heavy atom. The minimum atomic E-state index is -0.317. The van der Waals surface area contributed by atoms with Gasteiger partial charge in [-0.05, 0) is 37.7 Å². The number of para-hydroxylation sites is 1. The van der Waals surface area contributed by atoms with Gasteiger partial charge in [0, 0.05) is 43.6 Å². The number of carbonyl (C=O) groups excluding carboxylic acids is 2. The molecule has 25 heavy (non-hydrogen) atoms. The second-order valence-electron chi connectivity index (χ2n) is 6.29. The number of hydrogen-bond donors (Lipinski definition) is 1. The number of nitrogens with zero attached hydrogens (tertiary/aromatic N) is 3. The number of amides is 2. The summed E-state index contributed by atoms with van der Waals surface area (Å²) in [4.78, 5) is 33.2. The number of anilines is 1. The van der Waals surface area contributed by atoms with E-state index in [1.54, 1.807) is 12.1 Å². The number of hydrogen-bond acceptors (Lipinski definition) is 4. The van der Waals surface area contributed by atoms with Crippen LogP contribution < -0.4 is 5.32 Å². The molecule has 1 aromatic carbocycles. The third-order valence-electron chi connectivity index (χ3n) is 4.42. The molecule has 0 spiro atoms. The van der Waals surface area contributed by atoms with Crippen molar-refractivity contribution in [3.8, 4) is 0 Å². The van der Waals surface area contributed by atoms with Gasteiger partial charge in [-0.2, -0.15) is 0 Å². The van der Waals surface area contributed by atoms with Crippen molar-refractivity contribution in [1.29, 1.82) is 0 Å². The molecule has 1 fully saturated rings. The number of aryl methyl sites for hydroxylation is 1. The maximum Gasteiger partial charge on any atom is 0.274 e. The molecule has 3 rings (SSSR count). The monoisotopic (exact) mass is 338 g/mol. The number of rotatable bonds is 3. The van der Waals surface area contributed by atoms with Crippen LogP contribution in [0.2, 0.25) is 0 Å². The van der Waals surface area contributed by atoms with Gasteiger partial charge in [0.25, 0.3) is 11.8 Å². The van der Waals surface area contributed by atoms with Crippen LogP contribution in [-0.2, 0) is 0 Å². The number of piperazine rings is 1. The molecule has 1 aliphatic heterocycles. The van der Waals surface area contributed by atoms with E-state index in [-0.39, 0.29) is 17.5 Å². The van der Waals surface area contributed by atoms with Crippen molar-refractivity contribution in [1.82, 2.24) is 14.8 Å². The van der Waals surface area contributed by atoms with Crippen LogP contribution in [0.1, 0.15) is 26.4 Å². The van der Waals surface area contributed by atoms with Crippen LogP contribution in [0.3, 0.4) is 0 Å². The lowest BCUT2D eigenvalue weighted by molar-refractivity contribution is 0.0664. The van der Waals surface area contributed by atoms with Crippen LogP contribution in [0.15, 0.2) is 42.6 Å². The normalized spacial score (nSPS) is 15.0. The summed E-state index contributed by atoms with van der Waals surface area (Å²) in [5, 5.41) is 2.84. The molecule has 0 unspecified atom stereocenters. The van der Waals surface area contributed by atoms with Crippen molar-refractivity contribution in [2.45, 2.75) is 6.92 Å². The fourth-order valence-corrected chi connectivity index (χ4v) is 2.78. The fraction of sp³-hybridized carbons (Fsp3) is 0.316. The Balaban J connectivity index is 1.73. The van der Waals surface area contributed by atoms with E-state index in [0.717, 1.165) is 24.3 Å². The van der Waals surface area contributed by atoms with E-state index in [0.29, 0.717) is 18.7 Å². The number of likely N-dealkylation sites (N-methyl/N-ethyl adjacent to an activating group) is 1. The Labute approximate surface area is 147 Å². The van der Waals surface area contributed by atoms with Crippen LogP contribution in [0.5, 0.6) is 0 Å². The third-order valence-corrected chi connectivity index (χ3v) is 4.42. The highest BCUT2D eigenvalue weighted by Gasteiger charge is 2.21. The third kappa shape index (κ3) is 4.03. The first-order chi connectivity index (χ1) is 12.0. The number of nitrogens with one attached hydrogen (secondary N) is 1. The molecule has 0 atom stereocenters. The van der Waals surface area contributed by atoms with Gasteiger partial charge in [-0.15, -0.1) is 0 Å². The van der Waals surface area contributed by atoms with Gasteiger partial charge in [0.1, 0.15) is 5.69 Å². The van der Waals surface area contributed by atoms with Gasteiger partial charge >= 0.3 is 0 Å². The topological polar surface area (TPSA) is 65.5 Å². The van der Waals surface area contributed by atoms with E-state index in [1.807, 2.05) is 43.1 Å². The number of pyridine rings is 1. The second-order valence-corrected chi connectivity index (χ2v) is 6.29. The SMILES string of the molecule is Cc1ccccc1NC(=O)c1cc(C(=O)N2CCN(C)CC2)ccn1. The Hall–Kier alpha value is -2.73. The summed E-state index contributed by atoms with van der Waals surface area (Å²) in [6, 6.07) is 10.8. The molecular weight excluding hydrogens is 316 g/mol. The van der Waals surface area contributed by atoms with Gasteiger partial charge < -0.3 is 15.1 Å². The summed E-state index contributed by atoms with van der Waals surface area (Å²) in [6.07, 6.45) is 1.51. The first kappa shape index (κ1) is 17.1. The summed E-state index contributed by atoms with van der Waals surface area (Å²) in [5.41, 5.74) is 2.45. The molecule has 1 N–H and O–H groups in total. The van der Waals surface area contributed by atoms with Crippen molar-refractivity contribution in [3.63, 3.8) is 0 Å². The van der Waals surface area contributed by atoms with Crippen LogP contribution in [-0.4, -0.2) is 59.8 Å². The summed E-state index contributed by atoms with van der Waals surface area (Å²) in [5.74, 6) is -0.372. The molecule has 6 nitrogen and oxygen atoms in total. The maximum absolute atomic E-state index is 12.6. The fourth-order valence-electron chi connectivity index (χ4n) is 2.78. The number of benzene rings is 1. The Kier molecular flexibility index (Phi) is 5.09. The zero-order valence-corrected chi connectivity index (χ0v) is 14.5. The summed E-state index contributed by atoms with van der Waals surface area (Å²) >= 11 is 0. The predicted molar refractivity (Wildman–Crippen MR) is 96.8 cm³/mol. The van der Waals surface area contributed by atoms with Gasteiger partial charge in [-0.3, -0.25) is 14.6 Å². The molecular formula is C19H22N4O2. The zero-order valence-electron chi connectivity index (χ0n) is 14.5. The lowest BCUT2D eigenvalue weighted by atomic mass is 10.1. The van der Waals surface area contributed by atoms with Crippen LogP contribution in [0.4, 0.5) is 5.69 Å². The minimum Gasteiger partial charge on any atom is -0.336 e. The predicted octanol–water partition coefficient (Wildman–Crippen LogP) is 2.03. The lowest BCUT2D eigenvalue weighted by Crippen LogP contribution is -2.47. The van der Waals surface area contributed by atoms with Crippen molar-refractivity contribution < 1.29 is 9.59 Å². The summed E-state index contributed by atoms with van der Waals surface area (Å²) < 4.78 is 0. The molecule has 2 heterocycles. The van der Waals surface area contributed by atoms with Crippen molar-refractivity contribution in [3.05, 3.63) is 59.4 Å². The van der Waals surface area contributed by atoms with E-state index in [1.165, 1.54) is 6.20 Å². The van der Waals surface area contributed by atoms with Gasteiger partial charge in [-0.1, -0.05) is 18.2 Å². The zero-order chi connectivity index (χ0) is 17.8. The van der Waals surface area contributed by atoms with Gasteiger partial charge in [0.15, 0.2) is 0 Å². The molecule has 130 valence electrons. The van der Waals surface area contributed by atoms with Crippen LogP contribution in [0, 0.1) is 6.92 Å². The van der Waals surface area contributed by atoms with E-state index < -0.39 is 0 Å². The molecule has 6 heteroatoms. The molecule has 2 amide bonds. The number of aromatic nitrogens is 1. The lowest BCUT2D eigenvalue weighted by Gasteiger charge is -2.32. The first-order valence-corrected chi connectivity index (χ1v) is 8.35. The van der Waals surface area contributed by atoms with E-state index in [2.05, 4.69) is 15.2 Å². The van der Waals surface area contributed by atoms with E-state index in [9.17, 15) is 9.59 Å². The molecule has 2 aromatic rings. The standard InChI is InChI=1S/C19H22N4O2/c1-14-5-3-4-6-16(14)21-18(24)17-13-15(7-8-20-17)19(25)23-11-9-22(2)10-12-23/h3-8,13H,9-12H2,1-2H3,(H,21,24). The summed E-state index contributed by atoms with van der Waals surface area (Å²) in [7, 11) is 2.04. The van der Waals surface area contributed by atoms with Crippen LogP contribution >= 0.6 is 0 Å². The molecule has 1 aromatic heterocycles. The average Bonchev–Trinajstić information content (AvgIpc) is 2.64. The molecule has 0 saturated carbocycles. The molecule has 0 radical (unpaired) electrons. The van der Waals surface area contributed by atoms with Gasteiger partial charge in [0.2, 0.25) is 0 Å². The highest BCUT2D eigenvalue weighted by atomic mass is 16.2. The van der Waals surface area contributed by atoms with Crippen molar-refractivity contribution >= 4 is 17.5 Å². The molecule has 0 aliphatic carbocycles. The molecule has 0 bridgehead atoms. The van der Waals surface area contributed by atoms with Crippen molar-refractivity contribution in [2.24, 2.45) is 0 Å². The maximum atomic E-state index is 12.6. The van der Waals surface area contributed by atoms with Crippen LogP contribution in [0.25, 0.3) is 0 Å². The summed E-state index contributed by atoms with van der Waals surface area (Å²) in [6.45, 7) is 5.04. The Morgan fingerprint density at radius 2 is 1.80 bits per heavy atom. The molecule has 1 aliphatic rings. The van der Waals surface area contributed by atoms with Crippen molar-refractivity contribution in [2.75, 3.05) is 38.5 Å². The Bertz CT molecular complexity index is 782. The van der Waals surface area contributed by atoms with E-state index >= 15 is 0 Å². The van der Waals surface area contributed by atoms with Gasteiger partial charge in [0.05, 0.1) is 0 Å².